The number of piperazine rings is 1. The van der Waals surface area contributed by atoms with Gasteiger partial charge in [0.05, 0.1) is 0 Å². The molecule has 1 aliphatic carbocycles. The van der Waals surface area contributed by atoms with E-state index in [1.54, 1.807) is 0 Å². The summed E-state index contributed by atoms with van der Waals surface area (Å²) in [6.07, 6.45) is 2.90. The molecular formula is C13H20N2S. The molecule has 2 aliphatic rings. The smallest absolute Gasteiger partial charge is 0.0329 e. The summed E-state index contributed by atoms with van der Waals surface area (Å²) in [6, 6.07) is 5.30. The lowest BCUT2D eigenvalue weighted by atomic mass is 10.1. The van der Waals surface area contributed by atoms with E-state index < -0.39 is 0 Å². The lowest BCUT2D eigenvalue weighted by Crippen LogP contribution is -2.51. The van der Waals surface area contributed by atoms with Crippen molar-refractivity contribution in [2.24, 2.45) is 5.92 Å². The van der Waals surface area contributed by atoms with E-state index in [-0.39, 0.29) is 0 Å². The van der Waals surface area contributed by atoms with E-state index in [2.05, 4.69) is 29.3 Å². The highest BCUT2D eigenvalue weighted by atomic mass is 32.1. The first kappa shape index (κ1) is 10.8. The van der Waals surface area contributed by atoms with Crippen molar-refractivity contribution >= 4 is 11.3 Å². The Morgan fingerprint density at radius 3 is 3.00 bits per heavy atom. The molecule has 2 heterocycles. The van der Waals surface area contributed by atoms with E-state index in [0.717, 1.165) is 18.5 Å². The maximum atomic E-state index is 3.66. The van der Waals surface area contributed by atoms with E-state index in [0.29, 0.717) is 0 Å². The Balaban J connectivity index is 1.57. The highest BCUT2D eigenvalue weighted by Gasteiger charge is 2.33. The summed E-state index contributed by atoms with van der Waals surface area (Å²) < 4.78 is 0. The Bertz CT molecular complexity index is 357. The molecule has 0 radical (unpaired) electrons. The largest absolute Gasteiger partial charge is 0.311 e. The van der Waals surface area contributed by atoms with Gasteiger partial charge in [-0.15, -0.1) is 11.3 Å². The van der Waals surface area contributed by atoms with Crippen LogP contribution in [0.15, 0.2) is 12.1 Å². The van der Waals surface area contributed by atoms with Crippen molar-refractivity contribution in [1.29, 1.82) is 0 Å². The van der Waals surface area contributed by atoms with Gasteiger partial charge in [-0.25, -0.2) is 0 Å². The molecule has 1 aromatic heterocycles. The number of hydrogen-bond donors (Lipinski definition) is 1. The van der Waals surface area contributed by atoms with Gasteiger partial charge in [0, 0.05) is 42.0 Å². The molecule has 1 saturated heterocycles. The van der Waals surface area contributed by atoms with Crippen LogP contribution in [0.4, 0.5) is 0 Å². The summed E-state index contributed by atoms with van der Waals surface area (Å²) in [4.78, 5) is 5.57. The fraction of sp³-hybridized carbons (Fsp3) is 0.692. The molecular weight excluding hydrogens is 216 g/mol. The molecule has 0 aromatic carbocycles. The van der Waals surface area contributed by atoms with Crippen molar-refractivity contribution in [3.8, 4) is 0 Å². The molecule has 16 heavy (non-hydrogen) atoms. The number of hydrogen-bond acceptors (Lipinski definition) is 3. The first-order valence-electron chi connectivity index (χ1n) is 6.32. The van der Waals surface area contributed by atoms with Crippen LogP contribution >= 0.6 is 11.3 Å². The van der Waals surface area contributed by atoms with Crippen molar-refractivity contribution in [3.05, 3.63) is 21.9 Å². The quantitative estimate of drug-likeness (QED) is 0.866. The molecule has 1 N–H and O–H groups in total. The fourth-order valence-electron chi connectivity index (χ4n) is 2.59. The third-order valence-electron chi connectivity index (χ3n) is 3.66. The lowest BCUT2D eigenvalue weighted by Gasteiger charge is -2.33. The van der Waals surface area contributed by atoms with Crippen LogP contribution < -0.4 is 5.32 Å². The van der Waals surface area contributed by atoms with Crippen molar-refractivity contribution in [2.45, 2.75) is 32.4 Å². The van der Waals surface area contributed by atoms with Gasteiger partial charge in [-0.05, 0) is 37.8 Å². The van der Waals surface area contributed by atoms with E-state index in [9.17, 15) is 0 Å². The van der Waals surface area contributed by atoms with Crippen molar-refractivity contribution in [3.63, 3.8) is 0 Å². The lowest BCUT2D eigenvalue weighted by molar-refractivity contribution is 0.183. The Labute approximate surface area is 102 Å². The van der Waals surface area contributed by atoms with Crippen LogP contribution in [0.5, 0.6) is 0 Å². The van der Waals surface area contributed by atoms with Crippen LogP contribution in [0.3, 0.4) is 0 Å². The highest BCUT2D eigenvalue weighted by Crippen LogP contribution is 2.34. The molecule has 3 rings (SSSR count). The predicted octanol–water partition coefficient (Wildman–Crippen LogP) is 2.24. The summed E-state index contributed by atoms with van der Waals surface area (Å²) in [5.74, 6) is 0.980. The second-order valence-corrected chi connectivity index (χ2v) is 6.52. The molecule has 0 bridgehead atoms. The van der Waals surface area contributed by atoms with Crippen LogP contribution in [0.2, 0.25) is 0 Å². The van der Waals surface area contributed by atoms with Crippen molar-refractivity contribution in [1.82, 2.24) is 10.2 Å². The molecule has 2 nitrogen and oxygen atoms in total. The zero-order valence-electron chi connectivity index (χ0n) is 9.91. The van der Waals surface area contributed by atoms with Gasteiger partial charge in [0.15, 0.2) is 0 Å². The van der Waals surface area contributed by atoms with E-state index in [1.807, 2.05) is 11.3 Å². The van der Waals surface area contributed by atoms with Gasteiger partial charge in [0.1, 0.15) is 0 Å². The average molecular weight is 236 g/mol. The summed E-state index contributed by atoms with van der Waals surface area (Å²) in [5.41, 5.74) is 0. The van der Waals surface area contributed by atoms with Gasteiger partial charge in [-0.1, -0.05) is 0 Å². The molecule has 0 amide bonds. The summed E-state index contributed by atoms with van der Waals surface area (Å²) in [7, 11) is 0. The molecule has 0 spiro atoms. The minimum absolute atomic E-state index is 0.773. The maximum absolute atomic E-state index is 3.66. The van der Waals surface area contributed by atoms with E-state index >= 15 is 0 Å². The molecule has 2 fully saturated rings. The topological polar surface area (TPSA) is 15.3 Å². The molecule has 1 saturated carbocycles. The van der Waals surface area contributed by atoms with E-state index in [1.165, 1.54) is 42.2 Å². The van der Waals surface area contributed by atoms with Crippen LogP contribution in [0.1, 0.15) is 22.6 Å². The Morgan fingerprint density at radius 1 is 1.44 bits per heavy atom. The summed E-state index contributed by atoms with van der Waals surface area (Å²) in [5, 5.41) is 3.66. The first-order valence-corrected chi connectivity index (χ1v) is 7.14. The van der Waals surface area contributed by atoms with Crippen LogP contribution in [-0.4, -0.2) is 30.6 Å². The van der Waals surface area contributed by atoms with Crippen molar-refractivity contribution < 1.29 is 0 Å². The Morgan fingerprint density at radius 2 is 2.31 bits per heavy atom. The van der Waals surface area contributed by atoms with Crippen LogP contribution in [0, 0.1) is 12.8 Å². The molecule has 1 aromatic rings. The van der Waals surface area contributed by atoms with Gasteiger partial charge >= 0.3 is 0 Å². The van der Waals surface area contributed by atoms with Gasteiger partial charge in [-0.2, -0.15) is 0 Å². The second kappa shape index (κ2) is 4.47. The predicted molar refractivity (Wildman–Crippen MR) is 68.8 cm³/mol. The summed E-state index contributed by atoms with van der Waals surface area (Å²) in [6.45, 7) is 6.98. The van der Waals surface area contributed by atoms with Crippen molar-refractivity contribution in [2.75, 3.05) is 19.6 Å². The SMILES string of the molecule is Cc1ccc(CN2CCNC(C3CC3)C2)s1. The number of aryl methyl sites for hydroxylation is 1. The zero-order valence-corrected chi connectivity index (χ0v) is 10.7. The third-order valence-corrected chi connectivity index (χ3v) is 4.64. The zero-order chi connectivity index (χ0) is 11.0. The van der Waals surface area contributed by atoms with Gasteiger partial charge in [0.25, 0.3) is 0 Å². The monoisotopic (exact) mass is 236 g/mol. The van der Waals surface area contributed by atoms with Crippen LogP contribution in [0.25, 0.3) is 0 Å². The minimum Gasteiger partial charge on any atom is -0.311 e. The molecule has 1 aliphatic heterocycles. The highest BCUT2D eigenvalue weighted by molar-refractivity contribution is 7.11. The average Bonchev–Trinajstić information content (AvgIpc) is 3.05. The number of nitrogens with one attached hydrogen (secondary N) is 1. The third kappa shape index (κ3) is 2.47. The fourth-order valence-corrected chi connectivity index (χ4v) is 3.52. The summed E-state index contributed by atoms with van der Waals surface area (Å²) >= 11 is 1.94. The number of thiophene rings is 1. The normalized spacial score (nSPS) is 27.2. The molecule has 3 heteroatoms. The standard InChI is InChI=1S/C13H20N2S/c1-10-2-5-12(16-10)8-15-7-6-14-13(9-15)11-3-4-11/h2,5,11,13-14H,3-4,6-9H2,1H3. The van der Waals surface area contributed by atoms with Gasteiger partial charge in [0.2, 0.25) is 0 Å². The minimum atomic E-state index is 0.773. The Hall–Kier alpha value is -0.380. The second-order valence-electron chi connectivity index (χ2n) is 5.15. The van der Waals surface area contributed by atoms with Gasteiger partial charge < -0.3 is 5.32 Å². The number of nitrogens with zero attached hydrogens (tertiary/aromatic N) is 1. The van der Waals surface area contributed by atoms with Crippen LogP contribution in [-0.2, 0) is 6.54 Å². The molecule has 1 atom stereocenters. The van der Waals surface area contributed by atoms with E-state index in [4.69, 9.17) is 0 Å². The first-order chi connectivity index (χ1) is 7.81. The van der Waals surface area contributed by atoms with Gasteiger partial charge in [-0.3, -0.25) is 4.90 Å². The Kier molecular flexibility index (Phi) is 3.01. The molecule has 1 unspecified atom stereocenters. The maximum Gasteiger partial charge on any atom is 0.0329 e. The molecule has 88 valence electrons. The number of rotatable bonds is 3.